The Labute approximate surface area is 191 Å². The molecule has 1 amide bonds. The molecule has 0 saturated heterocycles. The van der Waals surface area contributed by atoms with Crippen LogP contribution in [0.25, 0.3) is 11.0 Å². The molecule has 3 aromatic carbocycles. The van der Waals surface area contributed by atoms with E-state index in [4.69, 9.17) is 28.2 Å². The summed E-state index contributed by atoms with van der Waals surface area (Å²) in [5.74, 6) is 0.887. The molecule has 31 heavy (non-hydrogen) atoms. The molecule has 158 valence electrons. The Morgan fingerprint density at radius 1 is 0.968 bits per heavy atom. The van der Waals surface area contributed by atoms with Gasteiger partial charge in [-0.3, -0.25) is 4.79 Å². The minimum absolute atomic E-state index is 0.0589. The Balaban J connectivity index is 1.48. The van der Waals surface area contributed by atoms with Crippen LogP contribution in [0.1, 0.15) is 33.7 Å². The SMILES string of the molecule is Cc1ccc(C(=O)NCCCc2nc3ccccc3n2Cc2c(Cl)cccc2Cl)cc1. The van der Waals surface area contributed by atoms with Crippen molar-refractivity contribution in [3.63, 3.8) is 0 Å². The van der Waals surface area contributed by atoms with Crippen LogP contribution in [0.15, 0.2) is 66.7 Å². The molecule has 0 fully saturated rings. The summed E-state index contributed by atoms with van der Waals surface area (Å²) in [4.78, 5) is 17.1. The van der Waals surface area contributed by atoms with E-state index in [1.165, 1.54) is 0 Å². The molecule has 0 saturated carbocycles. The van der Waals surface area contributed by atoms with Crippen molar-refractivity contribution in [3.05, 3.63) is 99.3 Å². The van der Waals surface area contributed by atoms with Gasteiger partial charge in [-0.05, 0) is 49.7 Å². The standard InChI is InChI=1S/C25H23Cl2N3O/c1-17-11-13-18(14-12-17)25(31)28-15-5-10-24-29-22-8-2-3-9-23(22)30(24)16-19-20(26)6-4-7-21(19)27/h2-4,6-9,11-14H,5,10,15-16H2,1H3,(H,28,31). The van der Waals surface area contributed by atoms with Gasteiger partial charge >= 0.3 is 0 Å². The number of imidazole rings is 1. The van der Waals surface area contributed by atoms with E-state index in [1.807, 2.05) is 67.6 Å². The average molecular weight is 452 g/mol. The monoisotopic (exact) mass is 451 g/mol. The molecule has 1 heterocycles. The third-order valence-corrected chi connectivity index (χ3v) is 6.00. The number of rotatable bonds is 7. The summed E-state index contributed by atoms with van der Waals surface area (Å²) in [6, 6.07) is 21.2. The van der Waals surface area contributed by atoms with Gasteiger partial charge in [0.1, 0.15) is 5.82 Å². The lowest BCUT2D eigenvalue weighted by molar-refractivity contribution is 0.0953. The van der Waals surface area contributed by atoms with Crippen molar-refractivity contribution >= 4 is 40.1 Å². The number of carbonyl (C=O) groups excluding carboxylic acids is 1. The maximum atomic E-state index is 12.3. The number of hydrogen-bond donors (Lipinski definition) is 1. The van der Waals surface area contributed by atoms with Crippen molar-refractivity contribution in [2.75, 3.05) is 6.54 Å². The highest BCUT2D eigenvalue weighted by atomic mass is 35.5. The summed E-state index contributed by atoms with van der Waals surface area (Å²) in [5, 5.41) is 4.27. The van der Waals surface area contributed by atoms with E-state index in [9.17, 15) is 4.79 Å². The number of halogens is 2. The Bertz CT molecular complexity index is 1200. The summed E-state index contributed by atoms with van der Waals surface area (Å²) in [7, 11) is 0. The first-order chi connectivity index (χ1) is 15.0. The molecule has 4 rings (SSSR count). The van der Waals surface area contributed by atoms with Crippen LogP contribution in [-0.2, 0) is 13.0 Å². The van der Waals surface area contributed by atoms with E-state index in [1.54, 1.807) is 0 Å². The molecule has 4 aromatic rings. The maximum Gasteiger partial charge on any atom is 0.251 e. The number of nitrogens with zero attached hydrogens (tertiary/aromatic N) is 2. The van der Waals surface area contributed by atoms with Crippen LogP contribution >= 0.6 is 23.2 Å². The number of aromatic nitrogens is 2. The predicted molar refractivity (Wildman–Crippen MR) is 127 cm³/mol. The lowest BCUT2D eigenvalue weighted by Crippen LogP contribution is -2.25. The summed E-state index contributed by atoms with van der Waals surface area (Å²) < 4.78 is 2.16. The number of nitrogens with one attached hydrogen (secondary N) is 1. The molecule has 0 atom stereocenters. The second-order valence-corrected chi connectivity index (χ2v) is 8.34. The predicted octanol–water partition coefficient (Wildman–Crippen LogP) is 6.06. The molecular weight excluding hydrogens is 429 g/mol. The van der Waals surface area contributed by atoms with Crippen molar-refractivity contribution in [2.45, 2.75) is 26.3 Å². The van der Waals surface area contributed by atoms with Gasteiger partial charge in [0.15, 0.2) is 0 Å². The van der Waals surface area contributed by atoms with Crippen molar-refractivity contribution in [2.24, 2.45) is 0 Å². The number of amides is 1. The molecule has 1 aromatic heterocycles. The van der Waals surface area contributed by atoms with E-state index < -0.39 is 0 Å². The topological polar surface area (TPSA) is 46.9 Å². The number of benzene rings is 3. The maximum absolute atomic E-state index is 12.3. The zero-order valence-electron chi connectivity index (χ0n) is 17.2. The molecule has 6 heteroatoms. The lowest BCUT2D eigenvalue weighted by Gasteiger charge is -2.12. The number of para-hydroxylation sites is 2. The summed E-state index contributed by atoms with van der Waals surface area (Å²) in [5.41, 5.74) is 4.66. The summed E-state index contributed by atoms with van der Waals surface area (Å²) in [6.45, 7) is 3.12. The molecule has 0 radical (unpaired) electrons. The molecular formula is C25H23Cl2N3O. The lowest BCUT2D eigenvalue weighted by atomic mass is 10.1. The second kappa shape index (κ2) is 9.54. The van der Waals surface area contributed by atoms with E-state index in [0.717, 1.165) is 40.8 Å². The normalized spacial score (nSPS) is 11.1. The van der Waals surface area contributed by atoms with Crippen LogP contribution in [0.3, 0.4) is 0 Å². The number of hydrogen-bond acceptors (Lipinski definition) is 2. The fourth-order valence-corrected chi connectivity index (χ4v) is 4.11. The fraction of sp³-hybridized carbons (Fsp3) is 0.200. The van der Waals surface area contributed by atoms with Gasteiger partial charge < -0.3 is 9.88 Å². The van der Waals surface area contributed by atoms with Crippen LogP contribution in [0.5, 0.6) is 0 Å². The van der Waals surface area contributed by atoms with E-state index in [2.05, 4.69) is 16.0 Å². The summed E-state index contributed by atoms with van der Waals surface area (Å²) >= 11 is 12.8. The number of fused-ring (bicyclic) bond motifs is 1. The van der Waals surface area contributed by atoms with E-state index in [-0.39, 0.29) is 5.91 Å². The van der Waals surface area contributed by atoms with Gasteiger partial charge in [-0.15, -0.1) is 0 Å². The van der Waals surface area contributed by atoms with Gasteiger partial charge in [0, 0.05) is 34.1 Å². The Hall–Kier alpha value is -2.82. The van der Waals surface area contributed by atoms with E-state index in [0.29, 0.717) is 28.7 Å². The minimum atomic E-state index is -0.0589. The van der Waals surface area contributed by atoms with Crippen molar-refractivity contribution in [3.8, 4) is 0 Å². The molecule has 0 aliphatic carbocycles. The Morgan fingerprint density at radius 2 is 1.68 bits per heavy atom. The molecule has 1 N–H and O–H groups in total. The smallest absolute Gasteiger partial charge is 0.251 e. The van der Waals surface area contributed by atoms with Crippen LogP contribution in [0.4, 0.5) is 0 Å². The van der Waals surface area contributed by atoms with Gasteiger partial charge in [-0.1, -0.05) is 59.1 Å². The minimum Gasteiger partial charge on any atom is -0.352 e. The van der Waals surface area contributed by atoms with Crippen LogP contribution < -0.4 is 5.32 Å². The third-order valence-electron chi connectivity index (χ3n) is 5.29. The highest BCUT2D eigenvalue weighted by molar-refractivity contribution is 6.36. The van der Waals surface area contributed by atoms with Gasteiger partial charge in [0.2, 0.25) is 0 Å². The fourth-order valence-electron chi connectivity index (χ4n) is 3.59. The average Bonchev–Trinajstić information content (AvgIpc) is 3.11. The van der Waals surface area contributed by atoms with Gasteiger partial charge in [0.05, 0.1) is 17.6 Å². The Kier molecular flexibility index (Phi) is 6.59. The summed E-state index contributed by atoms with van der Waals surface area (Å²) in [6.07, 6.45) is 1.50. The first-order valence-corrected chi connectivity index (χ1v) is 11.0. The zero-order chi connectivity index (χ0) is 21.8. The number of aryl methyl sites for hydroxylation is 2. The highest BCUT2D eigenvalue weighted by Crippen LogP contribution is 2.27. The second-order valence-electron chi connectivity index (χ2n) is 7.53. The van der Waals surface area contributed by atoms with Crippen molar-refractivity contribution in [1.29, 1.82) is 0 Å². The first kappa shape index (κ1) is 21.4. The molecule has 0 unspecified atom stereocenters. The van der Waals surface area contributed by atoms with Crippen molar-refractivity contribution < 1.29 is 4.79 Å². The molecule has 4 nitrogen and oxygen atoms in total. The largest absolute Gasteiger partial charge is 0.352 e. The molecule has 0 spiro atoms. The van der Waals surface area contributed by atoms with Crippen LogP contribution in [0, 0.1) is 6.92 Å². The van der Waals surface area contributed by atoms with Crippen molar-refractivity contribution in [1.82, 2.24) is 14.9 Å². The molecule has 0 bridgehead atoms. The van der Waals surface area contributed by atoms with Gasteiger partial charge in [0.25, 0.3) is 5.91 Å². The van der Waals surface area contributed by atoms with Crippen LogP contribution in [-0.4, -0.2) is 22.0 Å². The third kappa shape index (κ3) is 4.92. The van der Waals surface area contributed by atoms with Gasteiger partial charge in [-0.2, -0.15) is 0 Å². The van der Waals surface area contributed by atoms with Crippen LogP contribution in [0.2, 0.25) is 10.0 Å². The molecule has 0 aliphatic rings. The highest BCUT2D eigenvalue weighted by Gasteiger charge is 2.14. The zero-order valence-corrected chi connectivity index (χ0v) is 18.7. The molecule has 0 aliphatic heterocycles. The van der Waals surface area contributed by atoms with E-state index >= 15 is 0 Å². The quantitative estimate of drug-likeness (QED) is 0.347. The number of carbonyl (C=O) groups is 1. The first-order valence-electron chi connectivity index (χ1n) is 10.2. The Morgan fingerprint density at radius 3 is 2.42 bits per heavy atom. The van der Waals surface area contributed by atoms with Gasteiger partial charge in [-0.25, -0.2) is 4.98 Å².